The molecule has 0 amide bonds. The van der Waals surface area contributed by atoms with E-state index in [1.165, 1.54) is 0 Å². The Morgan fingerprint density at radius 1 is 0.889 bits per heavy atom. The summed E-state index contributed by atoms with van der Waals surface area (Å²) < 4.78 is 74.4. The first-order valence-corrected chi connectivity index (χ1v) is 5.45. The number of hydrogen-bond donors (Lipinski definition) is 2. The fourth-order valence-corrected chi connectivity index (χ4v) is 1.62. The molecular weight excluding hydrogens is 262 g/mol. The summed E-state index contributed by atoms with van der Waals surface area (Å²) in [6, 6.07) is -0.195. The van der Waals surface area contributed by atoms with E-state index in [0.29, 0.717) is 0 Å². The van der Waals surface area contributed by atoms with Crippen molar-refractivity contribution >= 4 is 0 Å². The van der Waals surface area contributed by atoms with Gasteiger partial charge in [-0.15, -0.1) is 0 Å². The molecule has 0 aliphatic heterocycles. The number of nitrogens with one attached hydrogen (secondary N) is 2. The lowest BCUT2D eigenvalue weighted by molar-refractivity contribution is -0.181. The molecule has 0 spiro atoms. The van der Waals surface area contributed by atoms with E-state index in [9.17, 15) is 26.3 Å². The Bertz CT molecular complexity index is 230. The van der Waals surface area contributed by atoms with Crippen LogP contribution >= 0.6 is 0 Å². The summed E-state index contributed by atoms with van der Waals surface area (Å²) in [4.78, 5) is 0. The van der Waals surface area contributed by atoms with Crippen LogP contribution in [0.25, 0.3) is 0 Å². The molecule has 18 heavy (non-hydrogen) atoms. The van der Waals surface area contributed by atoms with E-state index in [4.69, 9.17) is 0 Å². The van der Waals surface area contributed by atoms with Crippen molar-refractivity contribution in [3.8, 4) is 0 Å². The summed E-state index contributed by atoms with van der Waals surface area (Å²) in [7, 11) is 1.11. The Morgan fingerprint density at radius 3 is 1.50 bits per heavy atom. The molecule has 0 aromatic heterocycles. The minimum atomic E-state index is -4.66. The van der Waals surface area contributed by atoms with Crippen molar-refractivity contribution in [1.29, 1.82) is 0 Å². The van der Waals surface area contributed by atoms with Gasteiger partial charge in [0.15, 0.2) is 0 Å². The van der Waals surface area contributed by atoms with Gasteiger partial charge >= 0.3 is 12.4 Å². The molecule has 0 saturated carbocycles. The van der Waals surface area contributed by atoms with Crippen molar-refractivity contribution in [2.75, 3.05) is 13.6 Å². The first-order chi connectivity index (χ1) is 7.89. The summed E-state index contributed by atoms with van der Waals surface area (Å²) in [6.07, 6.45) is -12.4. The minimum absolute atomic E-state index is 0.195. The lowest BCUT2D eigenvalue weighted by Gasteiger charge is -2.36. The zero-order valence-electron chi connectivity index (χ0n) is 10.5. The quantitative estimate of drug-likeness (QED) is 0.731. The summed E-state index contributed by atoms with van der Waals surface area (Å²) in [6.45, 7) is 2.91. The molecule has 8 heteroatoms. The van der Waals surface area contributed by atoms with Gasteiger partial charge < -0.3 is 10.6 Å². The van der Waals surface area contributed by atoms with Gasteiger partial charge in [-0.2, -0.15) is 26.3 Å². The first-order valence-electron chi connectivity index (χ1n) is 5.45. The number of rotatable bonds is 6. The molecular formula is C10H18F6N2. The molecule has 0 aromatic carbocycles. The van der Waals surface area contributed by atoms with Crippen molar-refractivity contribution in [3.63, 3.8) is 0 Å². The van der Waals surface area contributed by atoms with E-state index in [-0.39, 0.29) is 6.04 Å². The third-order valence-corrected chi connectivity index (χ3v) is 2.46. The fraction of sp³-hybridized carbons (Fsp3) is 1.00. The van der Waals surface area contributed by atoms with Crippen LogP contribution in [-0.4, -0.2) is 37.5 Å². The van der Waals surface area contributed by atoms with Gasteiger partial charge in [0.1, 0.15) is 0 Å². The Morgan fingerprint density at radius 2 is 1.28 bits per heavy atom. The highest BCUT2D eigenvalue weighted by Crippen LogP contribution is 2.35. The number of likely N-dealkylation sites (N-methyl/N-ethyl adjacent to an activating group) is 1. The average molecular weight is 280 g/mol. The molecule has 0 fully saturated rings. The van der Waals surface area contributed by atoms with Crippen LogP contribution in [0.4, 0.5) is 26.3 Å². The summed E-state index contributed by atoms with van der Waals surface area (Å²) in [5, 5.41) is 4.80. The number of alkyl halides is 6. The number of hydrogen-bond acceptors (Lipinski definition) is 2. The summed E-state index contributed by atoms with van der Waals surface area (Å²) in [5.74, 6) is 0. The third kappa shape index (κ3) is 7.75. The molecule has 0 aromatic rings. The van der Waals surface area contributed by atoms with E-state index in [0.717, 1.165) is 7.05 Å². The maximum absolute atomic E-state index is 12.4. The van der Waals surface area contributed by atoms with Crippen LogP contribution in [0, 0.1) is 0 Å². The largest absolute Gasteiger partial charge is 0.390 e. The molecule has 2 N–H and O–H groups in total. The van der Waals surface area contributed by atoms with Crippen LogP contribution in [0.2, 0.25) is 0 Å². The van der Waals surface area contributed by atoms with Crippen LogP contribution in [0.5, 0.6) is 0 Å². The summed E-state index contributed by atoms with van der Waals surface area (Å²) >= 11 is 0. The zero-order valence-corrected chi connectivity index (χ0v) is 10.5. The molecule has 0 heterocycles. The van der Waals surface area contributed by atoms with Crippen molar-refractivity contribution in [2.45, 2.75) is 50.6 Å². The van der Waals surface area contributed by atoms with Crippen LogP contribution in [0.1, 0.15) is 26.7 Å². The van der Waals surface area contributed by atoms with Crippen LogP contribution in [0.15, 0.2) is 0 Å². The molecule has 2 nitrogen and oxygen atoms in total. The predicted molar refractivity (Wildman–Crippen MR) is 56.3 cm³/mol. The predicted octanol–water partition coefficient (Wildman–Crippen LogP) is 2.85. The van der Waals surface area contributed by atoms with Crippen molar-refractivity contribution < 1.29 is 26.3 Å². The van der Waals surface area contributed by atoms with Crippen LogP contribution in [0.3, 0.4) is 0 Å². The highest BCUT2D eigenvalue weighted by atomic mass is 19.4. The molecule has 0 atom stereocenters. The molecule has 0 saturated heterocycles. The zero-order chi connectivity index (χ0) is 14.6. The molecule has 0 aliphatic rings. The minimum Gasteiger partial charge on any atom is -0.313 e. The van der Waals surface area contributed by atoms with Gasteiger partial charge in [0.05, 0.1) is 12.8 Å². The van der Waals surface area contributed by atoms with Gasteiger partial charge in [-0.25, -0.2) is 0 Å². The highest BCUT2D eigenvalue weighted by molar-refractivity contribution is 4.94. The lowest BCUT2D eigenvalue weighted by atomic mass is 9.90. The van der Waals surface area contributed by atoms with Gasteiger partial charge in [0.25, 0.3) is 0 Å². The van der Waals surface area contributed by atoms with Gasteiger partial charge in [-0.1, -0.05) is 13.8 Å². The second kappa shape index (κ2) is 6.10. The Kier molecular flexibility index (Phi) is 5.93. The standard InChI is InChI=1S/C10H18F6N2/c1-7(2)18-6-8(17-3,4-9(11,12)13)5-10(14,15)16/h7,17-18H,4-6H2,1-3H3. The maximum atomic E-state index is 12.4. The Hall–Kier alpha value is -0.500. The molecule has 0 bridgehead atoms. The van der Waals surface area contributed by atoms with Gasteiger partial charge in [-0.05, 0) is 7.05 Å². The smallest absolute Gasteiger partial charge is 0.313 e. The van der Waals surface area contributed by atoms with E-state index in [2.05, 4.69) is 10.6 Å². The third-order valence-electron chi connectivity index (χ3n) is 2.46. The average Bonchev–Trinajstić information content (AvgIpc) is 2.09. The van der Waals surface area contributed by atoms with E-state index >= 15 is 0 Å². The molecule has 0 aliphatic carbocycles. The van der Waals surface area contributed by atoms with E-state index in [1.54, 1.807) is 13.8 Å². The second-order valence-corrected chi connectivity index (χ2v) is 4.65. The Balaban J connectivity index is 4.95. The SMILES string of the molecule is CNC(CNC(C)C)(CC(F)(F)F)CC(F)(F)F. The molecule has 0 unspecified atom stereocenters. The monoisotopic (exact) mass is 280 g/mol. The number of halogens is 6. The normalized spacial score (nSPS) is 14.3. The molecule has 0 rings (SSSR count). The molecule has 110 valence electrons. The molecule has 0 radical (unpaired) electrons. The maximum Gasteiger partial charge on any atom is 0.390 e. The van der Waals surface area contributed by atoms with Gasteiger partial charge in [0.2, 0.25) is 0 Å². The van der Waals surface area contributed by atoms with Crippen molar-refractivity contribution in [1.82, 2.24) is 10.6 Å². The highest BCUT2D eigenvalue weighted by Gasteiger charge is 2.48. The van der Waals surface area contributed by atoms with E-state index < -0.39 is 37.3 Å². The van der Waals surface area contributed by atoms with Gasteiger partial charge in [0, 0.05) is 18.1 Å². The fourth-order valence-electron chi connectivity index (χ4n) is 1.62. The Labute approximate surface area is 102 Å². The van der Waals surface area contributed by atoms with Gasteiger partial charge in [-0.3, -0.25) is 0 Å². The lowest BCUT2D eigenvalue weighted by Crippen LogP contribution is -2.56. The van der Waals surface area contributed by atoms with Crippen molar-refractivity contribution in [3.05, 3.63) is 0 Å². The summed E-state index contributed by atoms with van der Waals surface area (Å²) in [5.41, 5.74) is -2.07. The van der Waals surface area contributed by atoms with E-state index in [1.807, 2.05) is 0 Å². The topological polar surface area (TPSA) is 24.1 Å². The second-order valence-electron chi connectivity index (χ2n) is 4.65. The van der Waals surface area contributed by atoms with Crippen molar-refractivity contribution in [2.24, 2.45) is 0 Å². The first kappa shape index (κ1) is 17.5. The van der Waals surface area contributed by atoms with Crippen LogP contribution < -0.4 is 10.6 Å². The van der Waals surface area contributed by atoms with Crippen LogP contribution in [-0.2, 0) is 0 Å².